The summed E-state index contributed by atoms with van der Waals surface area (Å²) in [6.07, 6.45) is -4.53. The molecule has 0 saturated heterocycles. The van der Waals surface area contributed by atoms with Gasteiger partial charge in [-0.15, -0.1) is 10.2 Å². The van der Waals surface area contributed by atoms with Crippen LogP contribution in [0.2, 0.25) is 0 Å². The molecule has 1 heterocycles. The van der Waals surface area contributed by atoms with Crippen molar-refractivity contribution in [3.8, 4) is 22.5 Å². The number of aromatic nitrogens is 4. The first kappa shape index (κ1) is 25.8. The number of amides is 2. The Bertz CT molecular complexity index is 1520. The first-order chi connectivity index (χ1) is 17.4. The number of halogens is 3. The number of hydrogen-bond acceptors (Lipinski definition) is 6. The first-order valence-electron chi connectivity index (χ1n) is 10.6. The van der Waals surface area contributed by atoms with Crippen molar-refractivity contribution < 1.29 is 26.4 Å². The highest BCUT2D eigenvalue weighted by Crippen LogP contribution is 2.33. The highest BCUT2D eigenvalue weighted by atomic mass is 32.2. The van der Waals surface area contributed by atoms with E-state index in [2.05, 4.69) is 31.3 Å². The maximum Gasteiger partial charge on any atom is 0.416 e. The lowest BCUT2D eigenvalue weighted by atomic mass is 9.99. The number of aromatic amines is 1. The van der Waals surface area contributed by atoms with Crippen LogP contribution >= 0.6 is 0 Å². The summed E-state index contributed by atoms with van der Waals surface area (Å²) < 4.78 is 65.0. The Balaban J connectivity index is 1.56. The van der Waals surface area contributed by atoms with Gasteiger partial charge in [0, 0.05) is 31.0 Å². The molecule has 0 aliphatic rings. The summed E-state index contributed by atoms with van der Waals surface area (Å²) in [6.45, 7) is 0. The minimum absolute atomic E-state index is 0.0125. The van der Waals surface area contributed by atoms with Gasteiger partial charge in [-0.3, -0.25) is 0 Å². The van der Waals surface area contributed by atoms with E-state index in [1.54, 1.807) is 30.3 Å². The van der Waals surface area contributed by atoms with Gasteiger partial charge < -0.3 is 10.6 Å². The molecule has 3 aromatic carbocycles. The van der Waals surface area contributed by atoms with E-state index < -0.39 is 27.8 Å². The Morgan fingerprint density at radius 2 is 1.62 bits per heavy atom. The number of carbonyl (C=O) groups is 1. The fourth-order valence-corrected chi connectivity index (χ4v) is 4.34. The molecule has 3 N–H and O–H groups in total. The zero-order valence-corrected chi connectivity index (χ0v) is 20.2. The number of carbonyl (C=O) groups excluding carboxylic acids is 1. The van der Waals surface area contributed by atoms with Crippen LogP contribution in [0.15, 0.2) is 71.6 Å². The first-order valence-corrected chi connectivity index (χ1v) is 12.1. The molecule has 192 valence electrons. The smallest absolute Gasteiger partial charge is 0.308 e. The molecule has 14 heteroatoms. The lowest BCUT2D eigenvalue weighted by Crippen LogP contribution is -2.22. The third-order valence-electron chi connectivity index (χ3n) is 5.26. The summed E-state index contributed by atoms with van der Waals surface area (Å²) >= 11 is 0. The maximum absolute atomic E-state index is 12.9. The van der Waals surface area contributed by atoms with Crippen molar-refractivity contribution in [3.63, 3.8) is 0 Å². The number of anilines is 2. The Hall–Kier alpha value is -4.30. The number of nitrogens with one attached hydrogen (secondary N) is 3. The van der Waals surface area contributed by atoms with Crippen LogP contribution in [-0.2, 0) is 16.2 Å². The molecule has 4 rings (SSSR count). The molecule has 0 aliphatic heterocycles. The van der Waals surface area contributed by atoms with Crippen LogP contribution in [-0.4, -0.2) is 53.5 Å². The summed E-state index contributed by atoms with van der Waals surface area (Å²) in [5.74, 6) is 0.188. The normalized spacial score (nSPS) is 11.9. The molecular formula is C23H20F3N7O3S. The summed E-state index contributed by atoms with van der Waals surface area (Å²) in [7, 11) is -0.871. The predicted molar refractivity (Wildman–Crippen MR) is 130 cm³/mol. The molecule has 0 bridgehead atoms. The van der Waals surface area contributed by atoms with Gasteiger partial charge >= 0.3 is 12.2 Å². The molecule has 37 heavy (non-hydrogen) atoms. The Morgan fingerprint density at radius 3 is 2.24 bits per heavy atom. The zero-order valence-electron chi connectivity index (χ0n) is 19.4. The second-order valence-electron chi connectivity index (χ2n) is 7.97. The van der Waals surface area contributed by atoms with Crippen LogP contribution in [0.3, 0.4) is 0 Å². The third kappa shape index (κ3) is 5.76. The number of rotatable bonds is 6. The van der Waals surface area contributed by atoms with Crippen molar-refractivity contribution in [3.05, 3.63) is 72.3 Å². The molecular weight excluding hydrogens is 511 g/mol. The van der Waals surface area contributed by atoms with Crippen LogP contribution < -0.4 is 10.6 Å². The number of nitrogens with zero attached hydrogens (tertiary/aromatic N) is 4. The van der Waals surface area contributed by atoms with E-state index in [1.165, 1.54) is 38.4 Å². The minimum Gasteiger partial charge on any atom is -0.308 e. The van der Waals surface area contributed by atoms with Gasteiger partial charge in [0.25, 0.3) is 0 Å². The van der Waals surface area contributed by atoms with Gasteiger partial charge in [-0.05, 0) is 58.8 Å². The largest absolute Gasteiger partial charge is 0.416 e. The molecule has 0 atom stereocenters. The van der Waals surface area contributed by atoms with Crippen LogP contribution in [0, 0.1) is 0 Å². The molecule has 4 aromatic rings. The molecule has 0 aliphatic carbocycles. The standard InChI is InChI=1S/C23H20F3N7O3S/c1-33(2)37(35,36)18-10-11-19(20(13-18)21-29-31-32-30-21)14-6-8-16(9-7-14)27-22(34)28-17-5-3-4-15(12-17)23(24,25)26/h3-13H,1-2H3,(H2,27,28,34)(H,29,30,31,32). The van der Waals surface area contributed by atoms with Gasteiger partial charge in [0.15, 0.2) is 0 Å². The number of sulfonamides is 1. The van der Waals surface area contributed by atoms with Gasteiger partial charge in [0.2, 0.25) is 15.8 Å². The van der Waals surface area contributed by atoms with Gasteiger partial charge in [0.1, 0.15) is 0 Å². The van der Waals surface area contributed by atoms with Crippen molar-refractivity contribution >= 4 is 27.4 Å². The number of benzene rings is 3. The third-order valence-corrected chi connectivity index (χ3v) is 7.07. The molecule has 10 nitrogen and oxygen atoms in total. The topological polar surface area (TPSA) is 133 Å². The fourth-order valence-electron chi connectivity index (χ4n) is 3.41. The van der Waals surface area contributed by atoms with Crippen LogP contribution in [0.25, 0.3) is 22.5 Å². The monoisotopic (exact) mass is 531 g/mol. The second kappa shape index (κ2) is 9.99. The van der Waals surface area contributed by atoms with E-state index >= 15 is 0 Å². The number of alkyl halides is 3. The number of urea groups is 1. The fraction of sp³-hybridized carbons (Fsp3) is 0.130. The average Bonchev–Trinajstić information content (AvgIpc) is 3.39. The Kier molecular flexibility index (Phi) is 6.96. The van der Waals surface area contributed by atoms with Crippen molar-refractivity contribution in [1.29, 1.82) is 0 Å². The van der Waals surface area contributed by atoms with E-state index in [4.69, 9.17) is 0 Å². The zero-order chi connectivity index (χ0) is 26.8. The van der Waals surface area contributed by atoms with E-state index in [9.17, 15) is 26.4 Å². The van der Waals surface area contributed by atoms with E-state index in [0.717, 1.165) is 16.4 Å². The lowest BCUT2D eigenvalue weighted by Gasteiger charge is -2.14. The SMILES string of the molecule is CN(C)S(=O)(=O)c1ccc(-c2ccc(NC(=O)Nc3cccc(C(F)(F)F)c3)cc2)c(-c2nn[nH]n2)c1. The van der Waals surface area contributed by atoms with E-state index in [0.29, 0.717) is 22.4 Å². The number of tetrazole rings is 1. The van der Waals surface area contributed by atoms with Gasteiger partial charge in [-0.25, -0.2) is 17.5 Å². The predicted octanol–water partition coefficient (Wildman–Crippen LogP) is 4.45. The Labute approximate surface area is 209 Å². The summed E-state index contributed by atoms with van der Waals surface area (Å²) in [5, 5.41) is 18.7. The van der Waals surface area contributed by atoms with Crippen molar-refractivity contribution in [2.24, 2.45) is 0 Å². The second-order valence-corrected chi connectivity index (χ2v) is 10.1. The molecule has 0 saturated carbocycles. The quantitative estimate of drug-likeness (QED) is 0.337. The van der Waals surface area contributed by atoms with Crippen molar-refractivity contribution in [2.45, 2.75) is 11.1 Å². The van der Waals surface area contributed by atoms with E-state index in [1.807, 2.05) is 0 Å². The van der Waals surface area contributed by atoms with Crippen molar-refractivity contribution in [2.75, 3.05) is 24.7 Å². The summed E-state index contributed by atoms with van der Waals surface area (Å²) in [5.41, 5.74) is 1.18. The summed E-state index contributed by atoms with van der Waals surface area (Å²) in [4.78, 5) is 12.3. The van der Waals surface area contributed by atoms with Gasteiger partial charge in [0.05, 0.1) is 10.5 Å². The number of H-pyrrole nitrogens is 1. The minimum atomic E-state index is -4.53. The number of hydrogen-bond donors (Lipinski definition) is 3. The molecule has 0 fully saturated rings. The Morgan fingerprint density at radius 1 is 0.919 bits per heavy atom. The highest BCUT2D eigenvalue weighted by molar-refractivity contribution is 7.89. The van der Waals surface area contributed by atoms with E-state index in [-0.39, 0.29) is 16.4 Å². The lowest BCUT2D eigenvalue weighted by molar-refractivity contribution is -0.137. The van der Waals surface area contributed by atoms with Crippen LogP contribution in [0.4, 0.5) is 29.3 Å². The highest BCUT2D eigenvalue weighted by Gasteiger charge is 2.30. The van der Waals surface area contributed by atoms with Crippen molar-refractivity contribution in [1.82, 2.24) is 24.9 Å². The molecule has 0 radical (unpaired) electrons. The molecule has 1 aromatic heterocycles. The van der Waals surface area contributed by atoms with Gasteiger partial charge in [-0.1, -0.05) is 24.3 Å². The van der Waals surface area contributed by atoms with Crippen LogP contribution in [0.1, 0.15) is 5.56 Å². The average molecular weight is 532 g/mol. The summed E-state index contributed by atoms with van der Waals surface area (Å²) in [6, 6.07) is 14.6. The molecule has 0 unspecified atom stereocenters. The van der Waals surface area contributed by atoms with Gasteiger partial charge in [-0.2, -0.15) is 18.4 Å². The van der Waals surface area contributed by atoms with Crippen LogP contribution in [0.5, 0.6) is 0 Å². The maximum atomic E-state index is 12.9. The molecule has 0 spiro atoms. The molecule has 2 amide bonds.